The number of rotatable bonds is 5. The highest BCUT2D eigenvalue weighted by Gasteiger charge is 2.27. The Morgan fingerprint density at radius 1 is 1.03 bits per heavy atom. The number of hydrogen-bond donors (Lipinski definition) is 1. The number of carbonyl (C=O) groups excluding carboxylic acids is 3. The van der Waals surface area contributed by atoms with Crippen molar-refractivity contribution in [3.63, 3.8) is 0 Å². The number of carbonyl (C=O) groups is 3. The Balaban J connectivity index is 1.60. The maximum atomic E-state index is 13.2. The lowest BCUT2D eigenvalue weighted by Crippen LogP contribution is -2.51. The zero-order valence-corrected chi connectivity index (χ0v) is 17.4. The Bertz CT molecular complexity index is 930. The third kappa shape index (κ3) is 5.36. The van der Waals surface area contributed by atoms with Crippen LogP contribution >= 0.6 is 11.6 Å². The monoisotopic (exact) mass is 431 g/mol. The molecule has 1 aliphatic heterocycles. The summed E-state index contributed by atoms with van der Waals surface area (Å²) in [6.45, 7) is 2.89. The third-order valence-electron chi connectivity index (χ3n) is 5.04. The van der Waals surface area contributed by atoms with Gasteiger partial charge in [-0.3, -0.25) is 14.4 Å². The van der Waals surface area contributed by atoms with Gasteiger partial charge in [-0.15, -0.1) is 0 Å². The van der Waals surface area contributed by atoms with Crippen molar-refractivity contribution in [3.8, 4) is 0 Å². The zero-order chi connectivity index (χ0) is 21.7. The highest BCUT2D eigenvalue weighted by Crippen LogP contribution is 2.21. The number of halogens is 2. The molecule has 0 spiro atoms. The highest BCUT2D eigenvalue weighted by molar-refractivity contribution is 6.33. The normalized spacial score (nSPS) is 14.9. The molecular formula is C22H23ClFN3O3. The molecular weight excluding hydrogens is 409 g/mol. The molecule has 1 fully saturated rings. The molecule has 1 heterocycles. The summed E-state index contributed by atoms with van der Waals surface area (Å²) in [4.78, 5) is 40.3. The van der Waals surface area contributed by atoms with Crippen molar-refractivity contribution >= 4 is 29.3 Å². The summed E-state index contributed by atoms with van der Waals surface area (Å²) in [7, 11) is 0. The van der Waals surface area contributed by atoms with Crippen LogP contribution in [0.4, 0.5) is 4.39 Å². The van der Waals surface area contributed by atoms with Crippen molar-refractivity contribution in [2.45, 2.75) is 19.4 Å². The first-order valence-electron chi connectivity index (χ1n) is 9.69. The van der Waals surface area contributed by atoms with Crippen LogP contribution in [0, 0.1) is 5.82 Å². The summed E-state index contributed by atoms with van der Waals surface area (Å²) < 4.78 is 13.2. The molecule has 0 aliphatic carbocycles. The molecule has 2 aromatic rings. The lowest BCUT2D eigenvalue weighted by atomic mass is 10.0. The van der Waals surface area contributed by atoms with Crippen LogP contribution in [0.5, 0.6) is 0 Å². The lowest BCUT2D eigenvalue weighted by molar-refractivity contribution is -0.133. The minimum Gasteiger partial charge on any atom is -0.349 e. The molecule has 6 nitrogen and oxygen atoms in total. The summed E-state index contributed by atoms with van der Waals surface area (Å²) in [6.07, 6.45) is 0.140. The number of amides is 3. The molecule has 1 atom stereocenters. The van der Waals surface area contributed by atoms with Crippen molar-refractivity contribution in [2.24, 2.45) is 0 Å². The average molecular weight is 432 g/mol. The Morgan fingerprint density at radius 3 is 2.27 bits per heavy atom. The van der Waals surface area contributed by atoms with Crippen LogP contribution in [0.3, 0.4) is 0 Å². The average Bonchev–Trinajstić information content (AvgIpc) is 2.73. The molecule has 1 unspecified atom stereocenters. The van der Waals surface area contributed by atoms with E-state index in [1.54, 1.807) is 9.80 Å². The molecule has 0 radical (unpaired) electrons. The van der Waals surface area contributed by atoms with Gasteiger partial charge in [0.05, 0.1) is 23.0 Å². The van der Waals surface area contributed by atoms with Gasteiger partial charge in [-0.2, -0.15) is 0 Å². The maximum Gasteiger partial charge on any atom is 0.255 e. The minimum absolute atomic E-state index is 0.0690. The van der Waals surface area contributed by atoms with E-state index in [0.29, 0.717) is 26.2 Å². The molecule has 0 saturated carbocycles. The molecule has 1 N–H and O–H groups in total. The molecule has 2 aromatic carbocycles. The summed E-state index contributed by atoms with van der Waals surface area (Å²) in [5.74, 6) is -1.08. The second-order valence-electron chi connectivity index (χ2n) is 7.17. The number of benzene rings is 2. The van der Waals surface area contributed by atoms with E-state index in [2.05, 4.69) is 5.32 Å². The van der Waals surface area contributed by atoms with Gasteiger partial charge in [0, 0.05) is 33.1 Å². The van der Waals surface area contributed by atoms with Gasteiger partial charge in [0.1, 0.15) is 5.82 Å². The quantitative estimate of drug-likeness (QED) is 0.791. The van der Waals surface area contributed by atoms with Crippen LogP contribution in [0.25, 0.3) is 0 Å². The van der Waals surface area contributed by atoms with Crippen LogP contribution in [-0.2, 0) is 9.59 Å². The Kier molecular flexibility index (Phi) is 7.05. The van der Waals surface area contributed by atoms with E-state index < -0.39 is 11.9 Å². The highest BCUT2D eigenvalue weighted by atomic mass is 35.5. The SMILES string of the molecule is CC(=O)NC(CC(=O)N1CCN(C(=O)c2ccc(F)cc2Cl)CC1)c1ccccc1. The molecule has 1 aliphatic rings. The topological polar surface area (TPSA) is 69.7 Å². The van der Waals surface area contributed by atoms with E-state index >= 15 is 0 Å². The molecule has 8 heteroatoms. The van der Waals surface area contributed by atoms with Crippen molar-refractivity contribution < 1.29 is 18.8 Å². The van der Waals surface area contributed by atoms with Gasteiger partial charge >= 0.3 is 0 Å². The Hall–Kier alpha value is -2.93. The fourth-order valence-corrected chi connectivity index (χ4v) is 3.73. The second kappa shape index (κ2) is 9.71. The van der Waals surface area contributed by atoms with Gasteiger partial charge in [0.2, 0.25) is 11.8 Å². The van der Waals surface area contributed by atoms with Crippen molar-refractivity contribution in [1.82, 2.24) is 15.1 Å². The van der Waals surface area contributed by atoms with E-state index in [-0.39, 0.29) is 34.7 Å². The number of nitrogens with one attached hydrogen (secondary N) is 1. The number of nitrogens with zero attached hydrogens (tertiary/aromatic N) is 2. The summed E-state index contributed by atoms with van der Waals surface area (Å²) in [6, 6.07) is 12.6. The predicted octanol–water partition coefficient (Wildman–Crippen LogP) is 3.03. The lowest BCUT2D eigenvalue weighted by Gasteiger charge is -2.35. The van der Waals surface area contributed by atoms with Crippen LogP contribution in [0.15, 0.2) is 48.5 Å². The predicted molar refractivity (Wildman–Crippen MR) is 112 cm³/mol. The molecule has 3 amide bonds. The fourth-order valence-electron chi connectivity index (χ4n) is 3.48. The fraction of sp³-hybridized carbons (Fsp3) is 0.318. The summed E-state index contributed by atoms with van der Waals surface area (Å²) in [5.41, 5.74) is 1.11. The van der Waals surface area contributed by atoms with Crippen LogP contribution < -0.4 is 5.32 Å². The van der Waals surface area contributed by atoms with Gasteiger partial charge in [-0.1, -0.05) is 41.9 Å². The minimum atomic E-state index is -0.501. The van der Waals surface area contributed by atoms with Gasteiger partial charge in [0.15, 0.2) is 0 Å². The van der Waals surface area contributed by atoms with E-state index in [4.69, 9.17) is 11.6 Å². The summed E-state index contributed by atoms with van der Waals surface area (Å²) in [5, 5.41) is 2.90. The molecule has 1 saturated heterocycles. The Labute approximate surface area is 179 Å². The third-order valence-corrected chi connectivity index (χ3v) is 5.35. The van der Waals surface area contributed by atoms with Crippen molar-refractivity contribution in [2.75, 3.05) is 26.2 Å². The molecule has 0 bridgehead atoms. The smallest absolute Gasteiger partial charge is 0.255 e. The van der Waals surface area contributed by atoms with E-state index in [9.17, 15) is 18.8 Å². The van der Waals surface area contributed by atoms with Crippen LogP contribution in [0.1, 0.15) is 35.3 Å². The van der Waals surface area contributed by atoms with Crippen molar-refractivity contribution in [1.29, 1.82) is 0 Å². The molecule has 0 aromatic heterocycles. The zero-order valence-electron chi connectivity index (χ0n) is 16.6. The van der Waals surface area contributed by atoms with Crippen molar-refractivity contribution in [3.05, 3.63) is 70.5 Å². The molecule has 158 valence electrons. The van der Waals surface area contributed by atoms with Crippen LogP contribution in [-0.4, -0.2) is 53.7 Å². The largest absolute Gasteiger partial charge is 0.349 e. The number of piperazine rings is 1. The van der Waals surface area contributed by atoms with E-state index in [1.165, 1.54) is 19.1 Å². The second-order valence-corrected chi connectivity index (χ2v) is 7.57. The van der Waals surface area contributed by atoms with E-state index in [1.807, 2.05) is 30.3 Å². The van der Waals surface area contributed by atoms with Gasteiger partial charge in [-0.25, -0.2) is 4.39 Å². The first-order valence-corrected chi connectivity index (χ1v) is 10.1. The molecule has 3 rings (SSSR count). The van der Waals surface area contributed by atoms with Crippen LogP contribution in [0.2, 0.25) is 5.02 Å². The number of hydrogen-bond acceptors (Lipinski definition) is 3. The van der Waals surface area contributed by atoms with Gasteiger partial charge in [0.25, 0.3) is 5.91 Å². The summed E-state index contributed by atoms with van der Waals surface area (Å²) >= 11 is 5.99. The van der Waals surface area contributed by atoms with E-state index in [0.717, 1.165) is 11.6 Å². The maximum absolute atomic E-state index is 13.2. The first-order chi connectivity index (χ1) is 14.3. The molecule has 30 heavy (non-hydrogen) atoms. The standard InChI is InChI=1S/C22H23ClFN3O3/c1-15(28)25-20(16-5-3-2-4-6-16)14-21(29)26-9-11-27(12-10-26)22(30)18-8-7-17(24)13-19(18)23/h2-8,13,20H,9-12,14H2,1H3,(H,25,28). The van der Waals surface area contributed by atoms with Gasteiger partial charge < -0.3 is 15.1 Å². The Morgan fingerprint density at radius 2 is 1.67 bits per heavy atom. The van der Waals surface area contributed by atoms with Gasteiger partial charge in [-0.05, 0) is 23.8 Å². The first kappa shape index (κ1) is 21.8.